The number of para-hydroxylation sites is 2. The van der Waals surface area contributed by atoms with Crippen molar-refractivity contribution in [1.29, 1.82) is 0 Å². The maximum absolute atomic E-state index is 12.0. The van der Waals surface area contributed by atoms with E-state index < -0.39 is 35.7 Å². The molecule has 4 aromatic carbocycles. The van der Waals surface area contributed by atoms with E-state index >= 15 is 0 Å². The quantitative estimate of drug-likeness (QED) is 0.0116. The van der Waals surface area contributed by atoms with Crippen molar-refractivity contribution in [3.8, 4) is 0 Å². The third-order valence-corrected chi connectivity index (χ3v) is 16.6. The van der Waals surface area contributed by atoms with Crippen LogP contribution in [0.1, 0.15) is 108 Å². The summed E-state index contributed by atoms with van der Waals surface area (Å²) in [5.74, 6) is 4.08. The second-order valence-electron chi connectivity index (χ2n) is 22.3. The third kappa shape index (κ3) is 28.1. The zero-order valence-corrected chi connectivity index (χ0v) is 54.1. The van der Waals surface area contributed by atoms with Crippen LogP contribution in [0.3, 0.4) is 0 Å². The molecule has 2 aliphatic heterocycles. The number of carboxylic acid groups (broad SMARTS) is 1. The summed E-state index contributed by atoms with van der Waals surface area (Å²) in [5.41, 5.74) is 9.77. The van der Waals surface area contributed by atoms with Gasteiger partial charge in [-0.15, -0.1) is 22.6 Å². The first-order valence-corrected chi connectivity index (χ1v) is 30.1. The van der Waals surface area contributed by atoms with Crippen LogP contribution in [-0.4, -0.2) is 179 Å². The van der Waals surface area contributed by atoms with E-state index in [9.17, 15) is 44.8 Å². The molecule has 0 bridgehead atoms. The van der Waals surface area contributed by atoms with Gasteiger partial charge in [-0.3, -0.25) is 21.0 Å². The molecular weight excluding hydrogens is 1180 g/mol. The summed E-state index contributed by atoms with van der Waals surface area (Å²) >= 11 is 0. The Morgan fingerprint density at radius 1 is 0.706 bits per heavy atom. The minimum absolute atomic E-state index is 0. The average Bonchev–Trinajstić information content (AvgIpc) is 3.53. The zero-order chi connectivity index (χ0) is 63.7. The smallest absolute Gasteiger partial charge is 0.478 e. The molecule has 4 heterocycles. The van der Waals surface area contributed by atoms with Gasteiger partial charge in [-0.25, -0.2) is 9.48 Å². The molecular formula is C52H88B2ClF6N13O9P2. The Labute approximate surface area is 502 Å². The van der Waals surface area contributed by atoms with Gasteiger partial charge in [0.1, 0.15) is 16.6 Å². The van der Waals surface area contributed by atoms with Crippen LogP contribution in [0.4, 0.5) is 25.2 Å². The van der Waals surface area contributed by atoms with Crippen molar-refractivity contribution in [3.63, 3.8) is 0 Å². The Morgan fingerprint density at radius 3 is 1.46 bits per heavy atom. The van der Waals surface area contributed by atoms with Gasteiger partial charge in [-0.2, -0.15) is 14.0 Å². The van der Waals surface area contributed by atoms with Gasteiger partial charge in [-0.1, -0.05) is 65.5 Å². The normalized spacial score (nSPS) is 13.6. The molecule has 2 aliphatic rings. The molecule has 33 heteroatoms. The standard InChI is InChI=1S/C13H18BNO3.C13H24N6P.C8H7BO4.C8H19N.C6H5N3O.C4H12N2.ClH.F6P.H2O/c1-13(2,3)15-7-12(16)9-4-5-10-8-18-14(17)11(10)6-9;1-16(2)20(17(3)4,18(5)6)11-19-13-10-8-7-9-12(13)14-15-19;10-8(11)5-1-2-6-4-13-9(12)7(6)3-5;1-6-9(7(2)3)8(4)5;10-9-6-4-2-1-3-5(6)7-8-9;1-4(2,3)6-5;;1-7(2,3,4,5)6;/h4-6,15,17H,7-8H2,1-3H3;7-10H,11H2,1-6H3;1-3,12H,4H2,(H,10,11);7-8H,6H2,1-5H3;1-4,10H;6H,5H2,1-3H3;1H;;1H2/q;+1;;;;;;-1;. The van der Waals surface area contributed by atoms with E-state index in [4.69, 9.17) is 25.5 Å². The molecule has 10 N–H and O–H groups in total. The Morgan fingerprint density at radius 2 is 1.09 bits per heavy atom. The molecule has 0 spiro atoms. The molecule has 0 fully saturated rings. The van der Waals surface area contributed by atoms with Gasteiger partial charge >= 0.3 is 53.2 Å². The number of halogens is 7. The average molecular weight is 1270 g/mol. The van der Waals surface area contributed by atoms with Crippen molar-refractivity contribution >= 4 is 86.9 Å². The fourth-order valence-electron chi connectivity index (χ4n) is 8.02. The van der Waals surface area contributed by atoms with E-state index in [1.54, 1.807) is 30.3 Å². The molecule has 0 saturated carbocycles. The van der Waals surface area contributed by atoms with Crippen LogP contribution in [0.2, 0.25) is 0 Å². The number of benzene rings is 4. The van der Waals surface area contributed by atoms with Crippen molar-refractivity contribution in [2.45, 2.75) is 119 Å². The number of carbonyl (C=O) groups is 2. The van der Waals surface area contributed by atoms with E-state index in [1.165, 1.54) is 12.1 Å². The molecule has 6 aromatic rings. The maximum atomic E-state index is 12.0. The van der Waals surface area contributed by atoms with Crippen LogP contribution in [-0.2, 0) is 28.8 Å². The molecule has 0 atom stereocenters. The number of carbonyl (C=O) groups excluding carboxylic acids is 1. The number of carboxylic acids is 1. The number of ketones is 1. The molecule has 85 heavy (non-hydrogen) atoms. The largest absolute Gasteiger partial charge is 0.491 e. The first kappa shape index (κ1) is 80.0. The van der Waals surface area contributed by atoms with Crippen LogP contribution < -0.4 is 27.5 Å². The second kappa shape index (κ2) is 32.8. The molecule has 480 valence electrons. The van der Waals surface area contributed by atoms with E-state index in [0.29, 0.717) is 59.4 Å². The number of fused-ring (bicyclic) bond motifs is 4. The van der Waals surface area contributed by atoms with Gasteiger partial charge in [0.2, 0.25) is 14.0 Å². The summed E-state index contributed by atoms with van der Waals surface area (Å²) in [5, 5.41) is 55.4. The fraction of sp³-hybridized carbons (Fsp3) is 0.500. The van der Waals surface area contributed by atoms with Crippen LogP contribution in [0.25, 0.3) is 22.1 Å². The predicted octanol–water partition coefficient (Wildman–Crippen LogP) is 7.94. The van der Waals surface area contributed by atoms with Crippen molar-refractivity contribution in [2.75, 3.05) is 55.4 Å². The van der Waals surface area contributed by atoms with E-state index in [2.05, 4.69) is 133 Å². The molecule has 2 aromatic heterocycles. The summed E-state index contributed by atoms with van der Waals surface area (Å²) in [7, 11) is -1.39. The molecule has 0 aliphatic carbocycles. The van der Waals surface area contributed by atoms with Crippen LogP contribution in [0.15, 0.2) is 84.9 Å². The van der Waals surface area contributed by atoms with Crippen molar-refractivity contribution in [1.82, 2.24) is 59.8 Å². The van der Waals surface area contributed by atoms with Gasteiger partial charge in [0.25, 0.3) is 0 Å². The summed E-state index contributed by atoms with van der Waals surface area (Å²) in [6.45, 7) is 25.4. The van der Waals surface area contributed by atoms with Crippen molar-refractivity contribution in [3.05, 3.63) is 107 Å². The number of aromatic nitrogens is 6. The number of hydrazine groups is 1. The number of rotatable bonds is 12. The number of nitrogens with one attached hydrogen (secondary N) is 2. The molecule has 0 saturated heterocycles. The van der Waals surface area contributed by atoms with Crippen LogP contribution in [0.5, 0.6) is 0 Å². The molecule has 0 radical (unpaired) electrons. The maximum Gasteiger partial charge on any atom is 0.491 e. The van der Waals surface area contributed by atoms with Gasteiger partial charge < -0.3 is 40.5 Å². The van der Waals surface area contributed by atoms with E-state index in [-0.39, 0.29) is 40.3 Å². The van der Waals surface area contributed by atoms with Crippen LogP contribution >= 0.6 is 27.9 Å². The molecule has 0 amide bonds. The Kier molecular flexibility index (Phi) is 30.9. The number of nitrogens with two attached hydrogens (primary N) is 1. The van der Waals surface area contributed by atoms with Crippen molar-refractivity contribution < 1.29 is 69.9 Å². The van der Waals surface area contributed by atoms with Crippen molar-refractivity contribution in [2.24, 2.45) is 5.84 Å². The summed E-state index contributed by atoms with van der Waals surface area (Å²) in [6, 6.07) is 26.6. The molecule has 0 unspecified atom stereocenters. The number of Topliss-reactive ketones (excluding diaryl/α,β-unsaturated/α-hetero) is 1. The van der Waals surface area contributed by atoms with Gasteiger partial charge in [0.15, 0.2) is 5.78 Å². The molecule has 8 rings (SSSR count). The topological polar surface area (TPSA) is 289 Å². The fourth-order valence-corrected chi connectivity index (χ4v) is 11.5. The third-order valence-electron chi connectivity index (χ3n) is 12.1. The number of aromatic carboxylic acids is 1. The SMILES string of the molecule is CC(C)(C)NCC(=O)c1ccc2c(c1)B(O)OC2.CC(C)(C)NN.CCN(C(C)C)C(C)C.CN(C)[P+](Cn1nnc2ccccc21)(N(C)C)N(C)C.Cl.F[P-](F)(F)(F)(F)F.O.O=C(O)c1ccc2c(c1)B(O)OC2.On1nnc2ccccc21. The van der Waals surface area contributed by atoms with E-state index in [0.717, 1.165) is 39.8 Å². The summed E-state index contributed by atoms with van der Waals surface area (Å²) in [4.78, 5) is 25.8. The van der Waals surface area contributed by atoms with Crippen LogP contribution in [0, 0.1) is 0 Å². The number of nitrogens with zero attached hydrogens (tertiary/aromatic N) is 10. The van der Waals surface area contributed by atoms with Gasteiger partial charge in [0, 0.05) is 71.0 Å². The number of hydrogen-bond acceptors (Lipinski definition) is 18. The Bertz CT molecular complexity index is 2980. The monoisotopic (exact) mass is 1270 g/mol. The van der Waals surface area contributed by atoms with Gasteiger partial charge in [0.05, 0.1) is 30.8 Å². The molecule has 22 nitrogen and oxygen atoms in total. The second-order valence-corrected chi connectivity index (χ2v) is 28.3. The predicted molar refractivity (Wildman–Crippen MR) is 331 cm³/mol. The number of hydrogen-bond donors (Lipinski definition) is 7. The first-order valence-electron chi connectivity index (χ1n) is 26.3. The Balaban J connectivity index is 0.00000100. The Hall–Kier alpha value is -5.00. The first-order chi connectivity index (χ1) is 37.9. The minimum atomic E-state index is -10.7. The van der Waals surface area contributed by atoms with E-state index in [1.807, 2.05) is 82.6 Å². The summed E-state index contributed by atoms with van der Waals surface area (Å²) < 4.78 is 78.2. The summed E-state index contributed by atoms with van der Waals surface area (Å²) in [6.07, 6.45) is 0.820. The minimum Gasteiger partial charge on any atom is -0.478 e. The van der Waals surface area contributed by atoms with Gasteiger partial charge in [-0.05, 0) is 139 Å². The zero-order valence-electron chi connectivity index (χ0n) is 51.5.